The van der Waals surface area contributed by atoms with Gasteiger partial charge in [0.15, 0.2) is 11.4 Å². The number of hydrogen-bond donors (Lipinski definition) is 0. The lowest BCUT2D eigenvalue weighted by atomic mass is 9.90. The molecule has 8 heteroatoms. The van der Waals surface area contributed by atoms with Crippen LogP contribution in [-0.4, -0.2) is 22.4 Å². The quantitative estimate of drug-likeness (QED) is 0.682. The molecule has 6 nitrogen and oxygen atoms in total. The summed E-state index contributed by atoms with van der Waals surface area (Å²) < 4.78 is 60.1. The monoisotopic (exact) mass is 408 g/mol. The second-order valence-corrected chi connectivity index (χ2v) is 9.35. The molecule has 0 bridgehead atoms. The van der Waals surface area contributed by atoms with E-state index < -0.39 is 25.8 Å². The molecule has 27 heavy (non-hydrogen) atoms. The Bertz CT molecular complexity index is 1050. The summed E-state index contributed by atoms with van der Waals surface area (Å²) in [4.78, 5) is -0.0528. The van der Waals surface area contributed by atoms with Crippen LogP contribution in [0.15, 0.2) is 70.7 Å². The van der Waals surface area contributed by atoms with E-state index in [0.29, 0.717) is 0 Å². The molecule has 0 spiro atoms. The van der Waals surface area contributed by atoms with Crippen LogP contribution in [0.25, 0.3) is 0 Å². The minimum atomic E-state index is -4.20. The van der Waals surface area contributed by atoms with E-state index in [1.54, 1.807) is 19.1 Å². The molecule has 0 aliphatic carbocycles. The SMILES string of the molecule is CCC1(Cc2ccccc2)OS(=O)(=O)C=C1OS(=O)(=O)c1ccc(C)cc1. The Morgan fingerprint density at radius 1 is 1.04 bits per heavy atom. The topological polar surface area (TPSA) is 86.7 Å². The van der Waals surface area contributed by atoms with Crippen molar-refractivity contribution in [3.8, 4) is 0 Å². The van der Waals surface area contributed by atoms with Gasteiger partial charge in [0, 0.05) is 6.42 Å². The highest BCUT2D eigenvalue weighted by Crippen LogP contribution is 2.40. The first-order chi connectivity index (χ1) is 12.7. The fraction of sp³-hybridized carbons (Fsp3) is 0.263. The molecular weight excluding hydrogens is 388 g/mol. The summed E-state index contributed by atoms with van der Waals surface area (Å²) in [5.41, 5.74) is 0.295. The molecule has 0 N–H and O–H groups in total. The van der Waals surface area contributed by atoms with Gasteiger partial charge in [-0.25, -0.2) is 0 Å². The second-order valence-electron chi connectivity index (χ2n) is 6.42. The maximum Gasteiger partial charge on any atom is 0.339 e. The molecule has 0 saturated carbocycles. The van der Waals surface area contributed by atoms with E-state index in [9.17, 15) is 16.8 Å². The zero-order valence-electron chi connectivity index (χ0n) is 15.0. The van der Waals surface area contributed by atoms with Gasteiger partial charge in [-0.1, -0.05) is 55.0 Å². The molecule has 0 aromatic heterocycles. The summed E-state index contributed by atoms with van der Waals surface area (Å²) in [6.45, 7) is 3.55. The third kappa shape index (κ3) is 4.23. The van der Waals surface area contributed by atoms with Gasteiger partial charge < -0.3 is 4.18 Å². The maximum absolute atomic E-state index is 12.7. The Labute approximate surface area is 159 Å². The van der Waals surface area contributed by atoms with Crippen LogP contribution in [0.5, 0.6) is 0 Å². The fourth-order valence-corrected chi connectivity index (χ4v) is 5.23. The summed E-state index contributed by atoms with van der Waals surface area (Å²) >= 11 is 0. The number of hydrogen-bond acceptors (Lipinski definition) is 6. The third-order valence-corrected chi connectivity index (χ3v) is 6.69. The predicted molar refractivity (Wildman–Crippen MR) is 101 cm³/mol. The lowest BCUT2D eigenvalue weighted by Gasteiger charge is -2.28. The van der Waals surface area contributed by atoms with Gasteiger partial charge in [-0.2, -0.15) is 16.8 Å². The molecule has 2 aromatic rings. The van der Waals surface area contributed by atoms with Crippen LogP contribution in [0, 0.1) is 6.92 Å². The van der Waals surface area contributed by atoms with E-state index in [2.05, 4.69) is 0 Å². The van der Waals surface area contributed by atoms with Gasteiger partial charge >= 0.3 is 10.1 Å². The predicted octanol–water partition coefficient (Wildman–Crippen LogP) is 3.29. The third-order valence-electron chi connectivity index (χ3n) is 4.39. The van der Waals surface area contributed by atoms with Crippen LogP contribution in [0.4, 0.5) is 0 Å². The largest absolute Gasteiger partial charge is 0.379 e. The van der Waals surface area contributed by atoms with Crippen LogP contribution >= 0.6 is 0 Å². The maximum atomic E-state index is 12.7. The van der Waals surface area contributed by atoms with Gasteiger partial charge in [-0.15, -0.1) is 0 Å². The molecule has 2 aromatic carbocycles. The molecule has 1 aliphatic heterocycles. The lowest BCUT2D eigenvalue weighted by molar-refractivity contribution is 0.0854. The van der Waals surface area contributed by atoms with Crippen molar-refractivity contribution < 1.29 is 25.2 Å². The van der Waals surface area contributed by atoms with Crippen molar-refractivity contribution >= 4 is 20.2 Å². The molecule has 0 radical (unpaired) electrons. The lowest BCUT2D eigenvalue weighted by Crippen LogP contribution is -2.36. The molecular formula is C19H20O6S2. The molecule has 3 rings (SSSR count). The van der Waals surface area contributed by atoms with Crippen molar-refractivity contribution in [2.75, 3.05) is 0 Å². The van der Waals surface area contributed by atoms with Gasteiger partial charge in [0.1, 0.15) is 10.3 Å². The van der Waals surface area contributed by atoms with Gasteiger partial charge in [0.25, 0.3) is 10.1 Å². The zero-order chi connectivity index (χ0) is 19.7. The smallest absolute Gasteiger partial charge is 0.339 e. The van der Waals surface area contributed by atoms with Crippen molar-refractivity contribution in [1.82, 2.24) is 0 Å². The average molecular weight is 408 g/mol. The summed E-state index contributed by atoms with van der Waals surface area (Å²) in [6.07, 6.45) is 0.384. The van der Waals surface area contributed by atoms with E-state index in [1.807, 2.05) is 37.3 Å². The molecule has 1 heterocycles. The van der Waals surface area contributed by atoms with Crippen LogP contribution in [-0.2, 0) is 35.0 Å². The van der Waals surface area contributed by atoms with E-state index in [4.69, 9.17) is 8.37 Å². The molecule has 1 atom stereocenters. The molecule has 144 valence electrons. The highest BCUT2D eigenvalue weighted by Gasteiger charge is 2.48. The number of aryl methyl sites for hydroxylation is 1. The fourth-order valence-electron chi connectivity index (χ4n) is 2.89. The van der Waals surface area contributed by atoms with Crippen molar-refractivity contribution in [2.24, 2.45) is 0 Å². The molecule has 1 unspecified atom stereocenters. The van der Waals surface area contributed by atoms with E-state index >= 15 is 0 Å². The number of rotatable bonds is 6. The average Bonchev–Trinajstić information content (AvgIpc) is 2.85. The minimum absolute atomic E-state index is 0.0528. The van der Waals surface area contributed by atoms with Gasteiger partial charge in [-0.3, -0.25) is 4.18 Å². The summed E-state index contributed by atoms with van der Waals surface area (Å²) in [7, 11) is -8.24. The molecule has 0 amide bonds. The summed E-state index contributed by atoms with van der Waals surface area (Å²) in [5.74, 6) is -0.227. The van der Waals surface area contributed by atoms with E-state index in [-0.39, 0.29) is 23.5 Å². The van der Waals surface area contributed by atoms with E-state index in [0.717, 1.165) is 16.5 Å². The molecule has 0 saturated heterocycles. The Kier molecular flexibility index (Phi) is 5.16. The highest BCUT2D eigenvalue weighted by molar-refractivity contribution is 7.90. The van der Waals surface area contributed by atoms with Crippen LogP contribution in [0.2, 0.25) is 0 Å². The Morgan fingerprint density at radius 2 is 1.67 bits per heavy atom. The van der Waals surface area contributed by atoms with Gasteiger partial charge in [-0.05, 0) is 31.0 Å². The van der Waals surface area contributed by atoms with Crippen molar-refractivity contribution in [3.05, 3.63) is 76.9 Å². The number of benzene rings is 2. The first-order valence-electron chi connectivity index (χ1n) is 8.39. The van der Waals surface area contributed by atoms with Crippen molar-refractivity contribution in [3.63, 3.8) is 0 Å². The standard InChI is InChI=1S/C19H20O6S2/c1-3-19(13-16-7-5-4-6-8-16)18(14-26(20,21)25-19)24-27(22,23)17-11-9-15(2)10-12-17/h4-12,14H,3,13H2,1-2H3. The van der Waals surface area contributed by atoms with Crippen molar-refractivity contribution in [2.45, 2.75) is 37.2 Å². The minimum Gasteiger partial charge on any atom is -0.379 e. The van der Waals surface area contributed by atoms with Crippen molar-refractivity contribution in [1.29, 1.82) is 0 Å². The van der Waals surface area contributed by atoms with Gasteiger partial charge in [0.2, 0.25) is 0 Å². The zero-order valence-corrected chi connectivity index (χ0v) is 16.6. The van der Waals surface area contributed by atoms with Crippen LogP contribution in [0.1, 0.15) is 24.5 Å². The normalized spacial score (nSPS) is 21.6. The second kappa shape index (κ2) is 7.10. The first kappa shape index (κ1) is 19.6. The van der Waals surface area contributed by atoms with Crippen LogP contribution < -0.4 is 0 Å². The van der Waals surface area contributed by atoms with Gasteiger partial charge in [0.05, 0.1) is 0 Å². The Hall–Kier alpha value is -2.16. The molecule has 0 fully saturated rings. The summed E-state index contributed by atoms with van der Waals surface area (Å²) in [5, 5.41) is 0.755. The van der Waals surface area contributed by atoms with E-state index in [1.165, 1.54) is 12.1 Å². The van der Waals surface area contributed by atoms with Crippen LogP contribution in [0.3, 0.4) is 0 Å². The highest BCUT2D eigenvalue weighted by atomic mass is 32.2. The Balaban J connectivity index is 1.98. The molecule has 1 aliphatic rings. The Morgan fingerprint density at radius 3 is 2.26 bits per heavy atom. The first-order valence-corrected chi connectivity index (χ1v) is 11.3. The summed E-state index contributed by atoms with van der Waals surface area (Å²) in [6, 6.07) is 15.2.